The Morgan fingerprint density at radius 1 is 1.14 bits per heavy atom. The van der Waals surface area contributed by atoms with Crippen molar-refractivity contribution in [3.05, 3.63) is 0 Å². The summed E-state index contributed by atoms with van der Waals surface area (Å²) in [4.78, 5) is 0. The minimum atomic E-state index is -3.62. The summed E-state index contributed by atoms with van der Waals surface area (Å²) in [6, 6.07) is 0. The molecule has 0 rings (SSSR count). The molecule has 0 fully saturated rings. The summed E-state index contributed by atoms with van der Waals surface area (Å²) in [7, 11) is -7.04. The van der Waals surface area contributed by atoms with E-state index in [1.165, 1.54) is 0 Å². The molecule has 0 aliphatic carbocycles. The Kier molecular flexibility index (Phi) is 5.91. The van der Waals surface area contributed by atoms with E-state index in [-0.39, 0.29) is 18.2 Å². The molecule has 0 heterocycles. The molecule has 0 aliphatic rings. The molecule has 0 amide bonds. The highest BCUT2D eigenvalue weighted by Gasteiger charge is 2.10. The first-order valence-electron chi connectivity index (χ1n) is 3.80. The van der Waals surface area contributed by atoms with Crippen molar-refractivity contribution in [1.29, 1.82) is 0 Å². The molecule has 0 aromatic carbocycles. The van der Waals surface area contributed by atoms with Gasteiger partial charge in [0.25, 0.3) is 0 Å². The molecule has 9 heteroatoms. The summed E-state index contributed by atoms with van der Waals surface area (Å²) < 4.78 is 45.2. The van der Waals surface area contributed by atoms with Crippen molar-refractivity contribution < 1.29 is 16.8 Å². The van der Waals surface area contributed by atoms with Crippen molar-refractivity contribution >= 4 is 31.6 Å². The minimum Gasteiger partial charge on any atom is -0.229 e. The molecule has 0 saturated carbocycles. The summed E-state index contributed by atoms with van der Waals surface area (Å²) in [5.74, 6) is -0.273. The molecule has 0 aliphatic heterocycles. The molecule has 14 heavy (non-hydrogen) atoms. The molecule has 0 unspecified atom stereocenters. The summed E-state index contributed by atoms with van der Waals surface area (Å²) in [6.07, 6.45) is 0.326. The van der Waals surface area contributed by atoms with Crippen LogP contribution in [-0.4, -0.2) is 40.8 Å². The van der Waals surface area contributed by atoms with Gasteiger partial charge in [-0.3, -0.25) is 0 Å². The standard InChI is InChI=1S/C5H13ClN2O4S2/c6-2-1-4-14(11,12)8-3-5-13(7,9)10/h8H,1-5H2,(H2,7,9,10). The molecule has 0 radical (unpaired) electrons. The second kappa shape index (κ2) is 5.86. The fraction of sp³-hybridized carbons (Fsp3) is 1.00. The molecule has 0 aromatic rings. The van der Waals surface area contributed by atoms with Gasteiger partial charge in [-0.1, -0.05) is 0 Å². The first-order valence-corrected chi connectivity index (χ1v) is 7.71. The monoisotopic (exact) mass is 264 g/mol. The van der Waals surface area contributed by atoms with Crippen molar-refractivity contribution in [1.82, 2.24) is 4.72 Å². The maximum absolute atomic E-state index is 11.1. The van der Waals surface area contributed by atoms with Gasteiger partial charge in [-0.15, -0.1) is 11.6 Å². The second-order valence-corrected chi connectivity index (χ2v) is 6.66. The third kappa shape index (κ3) is 8.70. The third-order valence-corrected chi connectivity index (χ3v) is 3.77. The van der Waals surface area contributed by atoms with E-state index >= 15 is 0 Å². The van der Waals surface area contributed by atoms with Gasteiger partial charge in [-0.05, 0) is 6.42 Å². The van der Waals surface area contributed by atoms with Gasteiger partial charge >= 0.3 is 0 Å². The Labute approximate surface area is 88.9 Å². The normalized spacial score (nSPS) is 13.0. The smallest absolute Gasteiger partial charge is 0.211 e. The van der Waals surface area contributed by atoms with E-state index in [1.54, 1.807) is 0 Å². The topological polar surface area (TPSA) is 106 Å². The number of hydrogen-bond donors (Lipinski definition) is 2. The van der Waals surface area contributed by atoms with Crippen LogP contribution in [0.2, 0.25) is 0 Å². The van der Waals surface area contributed by atoms with E-state index in [2.05, 4.69) is 9.86 Å². The number of nitrogens with one attached hydrogen (secondary N) is 1. The van der Waals surface area contributed by atoms with Gasteiger partial charge in [0.2, 0.25) is 20.0 Å². The van der Waals surface area contributed by atoms with Gasteiger partial charge in [0.05, 0.1) is 11.5 Å². The molecule has 0 atom stereocenters. The van der Waals surface area contributed by atoms with Crippen LogP contribution < -0.4 is 9.86 Å². The van der Waals surface area contributed by atoms with Crippen LogP contribution in [0.3, 0.4) is 0 Å². The molecule has 6 nitrogen and oxygen atoms in total. The summed E-state index contributed by atoms with van der Waals surface area (Å²) in [6.45, 7) is -0.205. The van der Waals surface area contributed by atoms with Gasteiger partial charge in [-0.2, -0.15) is 0 Å². The number of rotatable bonds is 7. The molecule has 0 bridgehead atoms. The van der Waals surface area contributed by atoms with Gasteiger partial charge < -0.3 is 0 Å². The van der Waals surface area contributed by atoms with Crippen molar-refractivity contribution in [2.75, 3.05) is 23.9 Å². The van der Waals surface area contributed by atoms with Crippen LogP contribution in [0.25, 0.3) is 0 Å². The van der Waals surface area contributed by atoms with Crippen LogP contribution in [0.1, 0.15) is 6.42 Å². The van der Waals surface area contributed by atoms with Crippen LogP contribution in [0.4, 0.5) is 0 Å². The molecule has 0 spiro atoms. The number of halogens is 1. The molecule has 0 aromatic heterocycles. The van der Waals surface area contributed by atoms with Gasteiger partial charge in [0.15, 0.2) is 0 Å². The van der Waals surface area contributed by atoms with Crippen molar-refractivity contribution in [3.63, 3.8) is 0 Å². The Bertz CT molecular complexity index is 350. The quantitative estimate of drug-likeness (QED) is 0.565. The summed E-state index contributed by atoms with van der Waals surface area (Å²) in [5.41, 5.74) is 0. The van der Waals surface area contributed by atoms with Crippen LogP contribution >= 0.6 is 11.6 Å². The van der Waals surface area contributed by atoms with Crippen LogP contribution in [-0.2, 0) is 20.0 Å². The van der Waals surface area contributed by atoms with Crippen molar-refractivity contribution in [3.8, 4) is 0 Å². The maximum Gasteiger partial charge on any atom is 0.211 e. The highest BCUT2D eigenvalue weighted by Crippen LogP contribution is 1.91. The number of primary sulfonamides is 1. The van der Waals surface area contributed by atoms with E-state index < -0.39 is 25.8 Å². The lowest BCUT2D eigenvalue weighted by atomic mass is 10.6. The second-order valence-electron chi connectivity index (χ2n) is 2.62. The Balaban J connectivity index is 3.89. The van der Waals surface area contributed by atoms with Gasteiger partial charge in [0.1, 0.15) is 0 Å². The number of alkyl halides is 1. The molecule has 86 valence electrons. The predicted molar refractivity (Wildman–Crippen MR) is 55.1 cm³/mol. The van der Waals surface area contributed by atoms with Crippen LogP contribution in [0.15, 0.2) is 0 Å². The highest BCUT2D eigenvalue weighted by molar-refractivity contribution is 7.90. The van der Waals surface area contributed by atoms with E-state index in [4.69, 9.17) is 11.6 Å². The number of sulfonamides is 2. The lowest BCUT2D eigenvalue weighted by Crippen LogP contribution is -2.33. The zero-order chi connectivity index (χ0) is 11.2. The maximum atomic E-state index is 11.1. The summed E-state index contributed by atoms with van der Waals surface area (Å²) >= 11 is 5.31. The average molecular weight is 265 g/mol. The molecule has 3 N–H and O–H groups in total. The van der Waals surface area contributed by atoms with Gasteiger partial charge in [-0.25, -0.2) is 26.7 Å². The predicted octanol–water partition coefficient (Wildman–Crippen LogP) is -1.18. The largest absolute Gasteiger partial charge is 0.229 e. The van der Waals surface area contributed by atoms with E-state index in [1.807, 2.05) is 0 Å². The minimum absolute atomic E-state index is 0.110. The first-order chi connectivity index (χ1) is 6.27. The van der Waals surface area contributed by atoms with Crippen LogP contribution in [0.5, 0.6) is 0 Å². The van der Waals surface area contributed by atoms with Crippen molar-refractivity contribution in [2.24, 2.45) is 5.14 Å². The third-order valence-electron chi connectivity index (χ3n) is 1.26. The number of hydrogen-bond acceptors (Lipinski definition) is 4. The Morgan fingerprint density at radius 3 is 2.14 bits per heavy atom. The molecule has 0 saturated heterocycles. The fourth-order valence-electron chi connectivity index (χ4n) is 0.656. The lowest BCUT2D eigenvalue weighted by molar-refractivity contribution is 0.580. The fourth-order valence-corrected chi connectivity index (χ4v) is 2.55. The summed E-state index contributed by atoms with van der Waals surface area (Å²) in [5, 5.41) is 4.68. The van der Waals surface area contributed by atoms with E-state index in [0.29, 0.717) is 6.42 Å². The van der Waals surface area contributed by atoms with Crippen LogP contribution in [0, 0.1) is 0 Å². The Hall–Kier alpha value is 0.110. The zero-order valence-electron chi connectivity index (χ0n) is 7.44. The molecular weight excluding hydrogens is 252 g/mol. The SMILES string of the molecule is NS(=O)(=O)CCNS(=O)(=O)CCCCl. The zero-order valence-corrected chi connectivity index (χ0v) is 9.83. The Morgan fingerprint density at radius 2 is 1.71 bits per heavy atom. The van der Waals surface area contributed by atoms with E-state index in [0.717, 1.165) is 0 Å². The van der Waals surface area contributed by atoms with Crippen molar-refractivity contribution in [2.45, 2.75) is 6.42 Å². The average Bonchev–Trinajstić information content (AvgIpc) is 1.98. The highest BCUT2D eigenvalue weighted by atomic mass is 35.5. The van der Waals surface area contributed by atoms with Gasteiger partial charge in [0, 0.05) is 12.4 Å². The molecular formula is C5H13ClN2O4S2. The number of nitrogens with two attached hydrogens (primary N) is 1. The van der Waals surface area contributed by atoms with E-state index in [9.17, 15) is 16.8 Å². The lowest BCUT2D eigenvalue weighted by Gasteiger charge is -2.04. The first kappa shape index (κ1) is 14.1.